The number of nitrogens with zero attached hydrogens (tertiary/aromatic N) is 3. The molecule has 0 atom stereocenters. The van der Waals surface area contributed by atoms with Gasteiger partial charge in [-0.25, -0.2) is 4.98 Å². The van der Waals surface area contributed by atoms with Crippen molar-refractivity contribution in [2.75, 3.05) is 32.0 Å². The normalized spacial score (nSPS) is 14.9. The zero-order chi connectivity index (χ0) is 12.5. The van der Waals surface area contributed by atoms with Crippen LogP contribution in [0.2, 0.25) is 0 Å². The summed E-state index contributed by atoms with van der Waals surface area (Å²) in [5.41, 5.74) is 8.66. The number of hydrogen-bond donors (Lipinski definition) is 1. The third-order valence-electron chi connectivity index (χ3n) is 3.47. The van der Waals surface area contributed by atoms with Crippen LogP contribution in [0.4, 0.5) is 5.69 Å². The minimum absolute atomic E-state index is 0. The van der Waals surface area contributed by atoms with Crippen molar-refractivity contribution in [1.82, 2.24) is 14.5 Å². The number of rotatable bonds is 2. The van der Waals surface area contributed by atoms with Gasteiger partial charge in [0.1, 0.15) is 5.82 Å². The predicted molar refractivity (Wildman–Crippen MR) is 93.0 cm³/mol. The molecule has 0 spiro atoms. The Morgan fingerprint density at radius 1 is 1.19 bits per heavy atom. The molecule has 21 heavy (non-hydrogen) atoms. The smallest absolute Gasteiger partial charge is 0.123 e. The molecule has 8 heteroatoms. The van der Waals surface area contributed by atoms with Crippen LogP contribution in [0, 0.1) is 0 Å². The second kappa shape index (κ2) is 8.66. The van der Waals surface area contributed by atoms with E-state index in [1.54, 1.807) is 0 Å². The molecule has 1 fully saturated rings. The summed E-state index contributed by atoms with van der Waals surface area (Å²) in [6.45, 7) is 4.46. The van der Waals surface area contributed by atoms with Gasteiger partial charge < -0.3 is 15.0 Å². The van der Waals surface area contributed by atoms with E-state index in [0.717, 1.165) is 55.4 Å². The van der Waals surface area contributed by atoms with Crippen molar-refractivity contribution in [2.24, 2.45) is 7.05 Å². The van der Waals surface area contributed by atoms with Crippen molar-refractivity contribution < 1.29 is 4.74 Å². The van der Waals surface area contributed by atoms with Gasteiger partial charge in [-0.3, -0.25) is 4.90 Å². The number of nitrogens with two attached hydrogens (primary N) is 1. The number of aromatic nitrogens is 2. The zero-order valence-corrected chi connectivity index (χ0v) is 14.3. The monoisotopic (exact) mass is 354 g/mol. The predicted octanol–water partition coefficient (Wildman–Crippen LogP) is 2.25. The number of morpholine rings is 1. The lowest BCUT2D eigenvalue weighted by Crippen LogP contribution is -2.36. The van der Waals surface area contributed by atoms with E-state index in [1.807, 2.05) is 18.2 Å². The van der Waals surface area contributed by atoms with Crippen LogP contribution < -0.4 is 5.73 Å². The van der Waals surface area contributed by atoms with E-state index in [-0.39, 0.29) is 37.2 Å². The summed E-state index contributed by atoms with van der Waals surface area (Å²) in [5, 5.41) is 0. The molecular weight excluding hydrogens is 335 g/mol. The Kier molecular flexibility index (Phi) is 8.36. The van der Waals surface area contributed by atoms with E-state index < -0.39 is 0 Å². The van der Waals surface area contributed by atoms with E-state index in [9.17, 15) is 0 Å². The standard InChI is InChI=1S/C13H18N4O.3ClH/c1-16-12-3-2-10(14)8-11(12)15-13(16)9-17-4-6-18-7-5-17;;;/h2-3,8H,4-7,9,14H2,1H3;3*1H. The summed E-state index contributed by atoms with van der Waals surface area (Å²) in [6.07, 6.45) is 0. The lowest BCUT2D eigenvalue weighted by atomic mass is 10.3. The molecule has 3 rings (SSSR count). The van der Waals surface area contributed by atoms with Crippen LogP contribution in [-0.4, -0.2) is 40.8 Å². The minimum Gasteiger partial charge on any atom is -0.399 e. The van der Waals surface area contributed by atoms with Gasteiger partial charge in [0.25, 0.3) is 0 Å². The van der Waals surface area contributed by atoms with Crippen molar-refractivity contribution >= 4 is 53.9 Å². The molecule has 5 nitrogen and oxygen atoms in total. The van der Waals surface area contributed by atoms with Crippen molar-refractivity contribution in [1.29, 1.82) is 0 Å². The summed E-state index contributed by atoms with van der Waals surface area (Å²) in [7, 11) is 2.06. The van der Waals surface area contributed by atoms with Gasteiger partial charge in [-0.05, 0) is 18.2 Å². The maximum absolute atomic E-state index is 5.79. The number of benzene rings is 1. The van der Waals surface area contributed by atoms with Gasteiger partial charge in [-0.15, -0.1) is 37.2 Å². The first kappa shape index (κ1) is 20.3. The van der Waals surface area contributed by atoms with Gasteiger partial charge in [0.2, 0.25) is 0 Å². The Morgan fingerprint density at radius 2 is 1.86 bits per heavy atom. The molecule has 1 aliphatic heterocycles. The highest BCUT2D eigenvalue weighted by Crippen LogP contribution is 2.19. The molecule has 0 aliphatic carbocycles. The van der Waals surface area contributed by atoms with Crippen LogP contribution in [0.3, 0.4) is 0 Å². The second-order valence-corrected chi connectivity index (χ2v) is 4.72. The molecule has 0 bridgehead atoms. The number of anilines is 1. The Labute approximate surface area is 143 Å². The highest BCUT2D eigenvalue weighted by Gasteiger charge is 2.14. The second-order valence-electron chi connectivity index (χ2n) is 4.72. The van der Waals surface area contributed by atoms with Gasteiger partial charge in [0.15, 0.2) is 0 Å². The topological polar surface area (TPSA) is 56.3 Å². The molecule has 2 N–H and O–H groups in total. The molecular formula is C13H21Cl3N4O. The highest BCUT2D eigenvalue weighted by atomic mass is 35.5. The van der Waals surface area contributed by atoms with Crippen LogP contribution >= 0.6 is 37.2 Å². The molecule has 0 saturated carbocycles. The molecule has 1 aromatic carbocycles. The third kappa shape index (κ3) is 4.37. The Hall–Kier alpha value is -0.720. The Bertz CT molecular complexity index is 570. The fraction of sp³-hybridized carbons (Fsp3) is 0.462. The number of halogens is 3. The first-order valence-electron chi connectivity index (χ1n) is 6.25. The van der Waals surface area contributed by atoms with Gasteiger partial charge in [-0.1, -0.05) is 0 Å². The molecule has 2 aromatic rings. The van der Waals surface area contributed by atoms with Crippen molar-refractivity contribution in [3.8, 4) is 0 Å². The number of ether oxygens (including phenoxy) is 1. The van der Waals surface area contributed by atoms with Gasteiger partial charge in [-0.2, -0.15) is 0 Å². The number of fused-ring (bicyclic) bond motifs is 1. The lowest BCUT2D eigenvalue weighted by molar-refractivity contribution is 0.0328. The molecule has 0 amide bonds. The van der Waals surface area contributed by atoms with Crippen molar-refractivity contribution in [3.05, 3.63) is 24.0 Å². The van der Waals surface area contributed by atoms with E-state index in [2.05, 4.69) is 21.5 Å². The number of hydrogen-bond acceptors (Lipinski definition) is 4. The van der Waals surface area contributed by atoms with Crippen LogP contribution in [0.25, 0.3) is 11.0 Å². The molecule has 1 aliphatic rings. The molecule has 0 radical (unpaired) electrons. The highest BCUT2D eigenvalue weighted by molar-refractivity contribution is 5.86. The summed E-state index contributed by atoms with van der Waals surface area (Å²) in [5.74, 6) is 1.08. The quantitative estimate of drug-likeness (QED) is 0.840. The molecule has 1 saturated heterocycles. The summed E-state index contributed by atoms with van der Waals surface area (Å²) < 4.78 is 7.50. The van der Waals surface area contributed by atoms with Crippen LogP contribution in [-0.2, 0) is 18.3 Å². The average Bonchev–Trinajstić information content (AvgIpc) is 2.67. The van der Waals surface area contributed by atoms with Gasteiger partial charge in [0, 0.05) is 25.8 Å². The molecule has 2 heterocycles. The van der Waals surface area contributed by atoms with E-state index in [0.29, 0.717) is 0 Å². The lowest BCUT2D eigenvalue weighted by Gasteiger charge is -2.26. The SMILES string of the molecule is Cl.Cl.Cl.Cn1c(CN2CCOCC2)nc2cc(N)ccc21. The molecule has 0 unspecified atom stereocenters. The Balaban J connectivity index is 0.00000133. The third-order valence-corrected chi connectivity index (χ3v) is 3.47. The maximum atomic E-state index is 5.79. The van der Waals surface area contributed by atoms with Crippen LogP contribution in [0.15, 0.2) is 18.2 Å². The minimum atomic E-state index is 0. The fourth-order valence-electron chi connectivity index (χ4n) is 2.37. The first-order valence-corrected chi connectivity index (χ1v) is 6.25. The number of nitrogen functional groups attached to an aromatic ring is 1. The summed E-state index contributed by atoms with van der Waals surface area (Å²) >= 11 is 0. The zero-order valence-electron chi connectivity index (χ0n) is 11.8. The fourth-order valence-corrected chi connectivity index (χ4v) is 2.37. The summed E-state index contributed by atoms with van der Waals surface area (Å²) in [4.78, 5) is 7.04. The first-order chi connectivity index (χ1) is 8.74. The van der Waals surface area contributed by atoms with Crippen LogP contribution in [0.5, 0.6) is 0 Å². The molecule has 1 aromatic heterocycles. The number of imidazole rings is 1. The maximum Gasteiger partial charge on any atom is 0.123 e. The van der Waals surface area contributed by atoms with Crippen LogP contribution in [0.1, 0.15) is 5.82 Å². The van der Waals surface area contributed by atoms with E-state index in [1.165, 1.54) is 0 Å². The largest absolute Gasteiger partial charge is 0.399 e. The van der Waals surface area contributed by atoms with Gasteiger partial charge in [0.05, 0.1) is 30.8 Å². The van der Waals surface area contributed by atoms with E-state index in [4.69, 9.17) is 10.5 Å². The molecule has 120 valence electrons. The van der Waals surface area contributed by atoms with Gasteiger partial charge >= 0.3 is 0 Å². The van der Waals surface area contributed by atoms with Crippen molar-refractivity contribution in [2.45, 2.75) is 6.54 Å². The average molecular weight is 356 g/mol. The van der Waals surface area contributed by atoms with E-state index >= 15 is 0 Å². The van der Waals surface area contributed by atoms with Crippen molar-refractivity contribution in [3.63, 3.8) is 0 Å². The summed E-state index contributed by atoms with van der Waals surface area (Å²) in [6, 6.07) is 5.88. The Morgan fingerprint density at radius 3 is 2.52 bits per heavy atom. The number of aryl methyl sites for hydroxylation is 1.